The molecule has 1 amide bonds. The summed E-state index contributed by atoms with van der Waals surface area (Å²) in [5.74, 6) is 0.815. The van der Waals surface area contributed by atoms with Crippen molar-refractivity contribution in [3.63, 3.8) is 0 Å². The molecule has 0 spiro atoms. The number of carbonyl (C=O) groups excluding carboxylic acids is 1. The first-order valence-electron chi connectivity index (χ1n) is 7.17. The third-order valence-electron chi connectivity index (χ3n) is 3.47. The second-order valence-corrected chi connectivity index (χ2v) is 5.35. The van der Waals surface area contributed by atoms with E-state index in [1.54, 1.807) is 29.2 Å². The summed E-state index contributed by atoms with van der Waals surface area (Å²) in [5.41, 5.74) is 0. The van der Waals surface area contributed by atoms with Crippen LogP contribution in [0, 0.1) is 0 Å². The molecule has 0 aliphatic heterocycles. The van der Waals surface area contributed by atoms with Gasteiger partial charge in [-0.3, -0.25) is 9.48 Å². The smallest absolute Gasteiger partial charge is 0.247 e. The monoisotopic (exact) mass is 290 g/mol. The Bertz CT molecular complexity index is 574. The fraction of sp³-hybridized carbons (Fsp3) is 0.571. The van der Waals surface area contributed by atoms with Gasteiger partial charge in [-0.05, 0) is 26.3 Å². The summed E-state index contributed by atoms with van der Waals surface area (Å²) in [4.78, 5) is 14.3. The maximum Gasteiger partial charge on any atom is 0.247 e. The minimum atomic E-state index is -0.277. The molecule has 2 aromatic rings. The first-order valence-corrected chi connectivity index (χ1v) is 7.17. The lowest BCUT2D eigenvalue weighted by molar-refractivity contribution is -0.134. The molecule has 0 N–H and O–H groups in total. The lowest BCUT2D eigenvalue weighted by Gasteiger charge is -2.23. The topological polar surface area (TPSA) is 68.8 Å². The fourth-order valence-electron chi connectivity index (χ4n) is 2.30. The molecule has 21 heavy (non-hydrogen) atoms. The van der Waals surface area contributed by atoms with E-state index in [9.17, 15) is 4.79 Å². The third-order valence-corrected chi connectivity index (χ3v) is 3.47. The molecule has 0 bridgehead atoms. The van der Waals surface area contributed by atoms with Crippen molar-refractivity contribution in [1.29, 1.82) is 0 Å². The van der Waals surface area contributed by atoms with Gasteiger partial charge in [0.1, 0.15) is 12.4 Å². The van der Waals surface area contributed by atoms with Gasteiger partial charge in [0.05, 0.1) is 6.54 Å². The Morgan fingerprint density at radius 3 is 2.76 bits per heavy atom. The minimum absolute atomic E-state index is 0.0273. The van der Waals surface area contributed by atoms with Crippen LogP contribution in [0.2, 0.25) is 0 Å². The van der Waals surface area contributed by atoms with Gasteiger partial charge in [-0.2, -0.15) is 5.10 Å². The highest BCUT2D eigenvalue weighted by Gasteiger charge is 2.23. The molecule has 2 heterocycles. The zero-order valence-corrected chi connectivity index (χ0v) is 13.0. The van der Waals surface area contributed by atoms with Gasteiger partial charge in [0.2, 0.25) is 5.91 Å². The molecule has 114 valence electrons. The number of hydrogen-bond acceptors (Lipinski definition) is 4. The van der Waals surface area contributed by atoms with Crippen molar-refractivity contribution < 1.29 is 4.79 Å². The molecule has 0 radical (unpaired) electrons. The van der Waals surface area contributed by atoms with Crippen LogP contribution in [-0.2, 0) is 11.3 Å². The molecule has 7 nitrogen and oxygen atoms in total. The van der Waals surface area contributed by atoms with E-state index < -0.39 is 0 Å². The highest BCUT2D eigenvalue weighted by atomic mass is 16.2. The van der Waals surface area contributed by atoms with Crippen LogP contribution < -0.4 is 0 Å². The molecule has 0 fully saturated rings. The predicted octanol–water partition coefficient (Wildman–Crippen LogP) is 1.67. The average Bonchev–Trinajstić information content (AvgIpc) is 3.10. The Kier molecular flexibility index (Phi) is 4.72. The van der Waals surface area contributed by atoms with E-state index in [-0.39, 0.29) is 18.0 Å². The Balaban J connectivity index is 2.10. The summed E-state index contributed by atoms with van der Waals surface area (Å²) in [5, 5.41) is 12.2. The average molecular weight is 290 g/mol. The molecule has 0 aromatic carbocycles. The summed E-state index contributed by atoms with van der Waals surface area (Å²) in [6, 6.07) is 1.82. The van der Waals surface area contributed by atoms with E-state index in [1.807, 2.05) is 23.8 Å². The molecule has 1 atom stereocenters. The molecule has 2 aromatic heterocycles. The molecule has 1 unspecified atom stereocenters. The van der Waals surface area contributed by atoms with Crippen LogP contribution in [0.4, 0.5) is 0 Å². The van der Waals surface area contributed by atoms with Crippen LogP contribution in [0.25, 0.3) is 0 Å². The van der Waals surface area contributed by atoms with Gasteiger partial charge in [-0.1, -0.05) is 6.92 Å². The number of nitrogens with zero attached hydrogens (tertiary/aromatic N) is 6. The van der Waals surface area contributed by atoms with E-state index in [1.165, 1.54) is 0 Å². The number of amides is 1. The van der Waals surface area contributed by atoms with Crippen molar-refractivity contribution in [2.75, 3.05) is 7.05 Å². The minimum Gasteiger partial charge on any atom is -0.336 e. The molecule has 0 saturated heterocycles. The van der Waals surface area contributed by atoms with Crippen molar-refractivity contribution in [1.82, 2.24) is 29.4 Å². The van der Waals surface area contributed by atoms with E-state index in [0.717, 1.165) is 5.82 Å². The Hall–Kier alpha value is -2.18. The molecule has 7 heteroatoms. The van der Waals surface area contributed by atoms with Gasteiger partial charge in [0.25, 0.3) is 0 Å². The van der Waals surface area contributed by atoms with Gasteiger partial charge in [0, 0.05) is 25.5 Å². The van der Waals surface area contributed by atoms with E-state index >= 15 is 0 Å². The summed E-state index contributed by atoms with van der Waals surface area (Å²) in [6.45, 7) is 6.55. The van der Waals surface area contributed by atoms with Crippen molar-refractivity contribution in [3.05, 3.63) is 30.6 Å². The van der Waals surface area contributed by atoms with Crippen LogP contribution in [0.3, 0.4) is 0 Å². The van der Waals surface area contributed by atoms with Crippen LogP contribution >= 0.6 is 0 Å². The molecule has 0 saturated carbocycles. The first kappa shape index (κ1) is 15.2. The standard InChI is InChI=1S/C14H22N6O/c1-5-12(20-8-6-7-16-20)14(21)18(4)9-13-17-15-10-19(13)11(2)3/h6-8,10-12H,5,9H2,1-4H3. The normalized spacial score (nSPS) is 12.6. The molecule has 0 aliphatic rings. The van der Waals surface area contributed by atoms with Crippen molar-refractivity contribution in [2.45, 2.75) is 45.8 Å². The maximum absolute atomic E-state index is 12.6. The van der Waals surface area contributed by atoms with Crippen LogP contribution in [-0.4, -0.2) is 42.4 Å². The Morgan fingerprint density at radius 2 is 2.19 bits per heavy atom. The van der Waals surface area contributed by atoms with E-state index in [4.69, 9.17) is 0 Å². The van der Waals surface area contributed by atoms with Gasteiger partial charge in [-0.15, -0.1) is 10.2 Å². The first-order chi connectivity index (χ1) is 10.0. The SMILES string of the molecule is CCC(C(=O)N(C)Cc1nncn1C(C)C)n1cccn1. The maximum atomic E-state index is 12.6. The Morgan fingerprint density at radius 1 is 1.43 bits per heavy atom. The van der Waals surface area contributed by atoms with Crippen molar-refractivity contribution >= 4 is 5.91 Å². The highest BCUT2D eigenvalue weighted by molar-refractivity contribution is 5.79. The molecular formula is C14H22N6O. The largest absolute Gasteiger partial charge is 0.336 e. The summed E-state index contributed by atoms with van der Waals surface area (Å²) >= 11 is 0. The van der Waals surface area contributed by atoms with Gasteiger partial charge < -0.3 is 9.47 Å². The van der Waals surface area contributed by atoms with Gasteiger partial charge in [-0.25, -0.2) is 0 Å². The number of hydrogen-bond donors (Lipinski definition) is 0. The van der Waals surface area contributed by atoms with Crippen LogP contribution in [0.5, 0.6) is 0 Å². The quantitative estimate of drug-likeness (QED) is 0.811. The van der Waals surface area contributed by atoms with Crippen LogP contribution in [0.15, 0.2) is 24.8 Å². The van der Waals surface area contributed by atoms with Gasteiger partial charge >= 0.3 is 0 Å². The lowest BCUT2D eigenvalue weighted by atomic mass is 10.2. The highest BCUT2D eigenvalue weighted by Crippen LogP contribution is 2.15. The number of rotatable bonds is 6. The van der Waals surface area contributed by atoms with Crippen LogP contribution in [0.1, 0.15) is 45.1 Å². The van der Waals surface area contributed by atoms with E-state index in [2.05, 4.69) is 29.1 Å². The van der Waals surface area contributed by atoms with E-state index in [0.29, 0.717) is 13.0 Å². The summed E-state index contributed by atoms with van der Waals surface area (Å²) < 4.78 is 3.67. The van der Waals surface area contributed by atoms with Crippen molar-refractivity contribution in [3.8, 4) is 0 Å². The zero-order chi connectivity index (χ0) is 15.4. The zero-order valence-electron chi connectivity index (χ0n) is 13.0. The number of aromatic nitrogens is 5. The summed E-state index contributed by atoms with van der Waals surface area (Å²) in [6.07, 6.45) is 5.90. The number of likely N-dealkylation sites (N-methyl/N-ethyl adjacent to an activating group) is 1. The molecule has 2 rings (SSSR count). The number of carbonyl (C=O) groups is 1. The lowest BCUT2D eigenvalue weighted by Crippen LogP contribution is -2.35. The second-order valence-electron chi connectivity index (χ2n) is 5.35. The predicted molar refractivity (Wildman–Crippen MR) is 78.4 cm³/mol. The summed E-state index contributed by atoms with van der Waals surface area (Å²) in [7, 11) is 1.79. The Labute approximate surface area is 124 Å². The van der Waals surface area contributed by atoms with Gasteiger partial charge in [0.15, 0.2) is 5.82 Å². The third kappa shape index (κ3) is 3.29. The fourth-order valence-corrected chi connectivity index (χ4v) is 2.30. The second kappa shape index (κ2) is 6.51. The molecular weight excluding hydrogens is 268 g/mol. The van der Waals surface area contributed by atoms with Crippen molar-refractivity contribution in [2.24, 2.45) is 0 Å². The molecule has 0 aliphatic carbocycles.